The van der Waals surface area contributed by atoms with E-state index in [0.29, 0.717) is 11.4 Å². The number of carbonyl (C=O) groups is 3. The number of carbonyl (C=O) groups excluding carboxylic acids is 3. The molecular formula is C19H20N2O4S. The standard InChI is InChI=1S/C19H20N2O4S/c1-3-4-9-21-18(23)16(26-19(21)24)10-13-11-20(12-17(22)25-2)15-8-6-5-7-14(13)15/h5-8,10-11H,3-4,9,12H2,1-2H3/b16-10-. The van der Waals surface area contributed by atoms with Crippen molar-refractivity contribution in [2.24, 2.45) is 0 Å². The van der Waals surface area contributed by atoms with Gasteiger partial charge in [0.2, 0.25) is 0 Å². The number of imide groups is 1. The average Bonchev–Trinajstić information content (AvgIpc) is 3.11. The average molecular weight is 372 g/mol. The maximum atomic E-state index is 12.5. The summed E-state index contributed by atoms with van der Waals surface area (Å²) in [5, 5.41) is 0.685. The highest BCUT2D eigenvalue weighted by atomic mass is 32.2. The molecule has 1 aromatic carbocycles. The van der Waals surface area contributed by atoms with Crippen LogP contribution in [0.15, 0.2) is 35.4 Å². The number of thioether (sulfide) groups is 1. The third-order valence-corrected chi connectivity index (χ3v) is 5.15. The second-order valence-electron chi connectivity index (χ2n) is 5.99. The molecule has 7 heteroatoms. The predicted molar refractivity (Wildman–Crippen MR) is 102 cm³/mol. The topological polar surface area (TPSA) is 68.6 Å². The molecular weight excluding hydrogens is 352 g/mol. The molecule has 1 aromatic heterocycles. The maximum absolute atomic E-state index is 12.5. The lowest BCUT2D eigenvalue weighted by atomic mass is 10.1. The minimum atomic E-state index is -0.350. The highest BCUT2D eigenvalue weighted by molar-refractivity contribution is 8.18. The number of aromatic nitrogens is 1. The van der Waals surface area contributed by atoms with Crippen LogP contribution in [0.4, 0.5) is 4.79 Å². The summed E-state index contributed by atoms with van der Waals surface area (Å²) >= 11 is 0.961. The molecule has 0 radical (unpaired) electrons. The van der Waals surface area contributed by atoms with Crippen molar-refractivity contribution < 1.29 is 19.1 Å². The van der Waals surface area contributed by atoms with Crippen LogP contribution in [0.2, 0.25) is 0 Å². The summed E-state index contributed by atoms with van der Waals surface area (Å²) in [6.07, 6.45) is 5.25. The minimum absolute atomic E-state index is 0.0861. The quantitative estimate of drug-likeness (QED) is 0.572. The number of hydrogen-bond acceptors (Lipinski definition) is 5. The number of amides is 2. The van der Waals surface area contributed by atoms with E-state index in [1.807, 2.05) is 37.4 Å². The Bertz CT molecular complexity index is 900. The van der Waals surface area contributed by atoms with Crippen LogP contribution in [0.25, 0.3) is 17.0 Å². The molecule has 0 atom stereocenters. The molecule has 0 N–H and O–H groups in total. The van der Waals surface area contributed by atoms with E-state index in [4.69, 9.17) is 4.74 Å². The number of nitrogens with zero attached hydrogens (tertiary/aromatic N) is 2. The SMILES string of the molecule is CCCCN1C(=O)S/C(=C\c2cn(CC(=O)OC)c3ccccc23)C1=O. The lowest BCUT2D eigenvalue weighted by molar-refractivity contribution is -0.141. The van der Waals surface area contributed by atoms with Crippen molar-refractivity contribution >= 4 is 45.9 Å². The van der Waals surface area contributed by atoms with Crippen molar-refractivity contribution in [1.29, 1.82) is 0 Å². The van der Waals surface area contributed by atoms with Crippen LogP contribution in [0.3, 0.4) is 0 Å². The molecule has 1 saturated heterocycles. The molecule has 2 heterocycles. The Morgan fingerprint density at radius 1 is 1.27 bits per heavy atom. The van der Waals surface area contributed by atoms with Gasteiger partial charge in [-0.05, 0) is 30.3 Å². The van der Waals surface area contributed by atoms with Crippen molar-refractivity contribution in [2.45, 2.75) is 26.3 Å². The number of unbranched alkanes of at least 4 members (excludes halogenated alkanes) is 1. The van der Waals surface area contributed by atoms with Gasteiger partial charge in [-0.1, -0.05) is 31.5 Å². The van der Waals surface area contributed by atoms with Crippen LogP contribution >= 0.6 is 11.8 Å². The zero-order valence-corrected chi connectivity index (χ0v) is 15.5. The van der Waals surface area contributed by atoms with E-state index in [1.54, 1.807) is 10.6 Å². The Labute approximate surface area is 155 Å². The first-order chi connectivity index (χ1) is 12.5. The third kappa shape index (κ3) is 3.53. The van der Waals surface area contributed by atoms with Gasteiger partial charge in [-0.25, -0.2) is 0 Å². The summed E-state index contributed by atoms with van der Waals surface area (Å²) in [6.45, 7) is 2.55. The Hall–Kier alpha value is -2.54. The number of methoxy groups -OCH3 is 1. The zero-order valence-electron chi connectivity index (χ0n) is 14.7. The summed E-state index contributed by atoms with van der Waals surface area (Å²) in [6, 6.07) is 7.62. The predicted octanol–water partition coefficient (Wildman–Crippen LogP) is 3.65. The summed E-state index contributed by atoms with van der Waals surface area (Å²) in [4.78, 5) is 38.0. The number of benzene rings is 1. The molecule has 3 rings (SSSR count). The highest BCUT2D eigenvalue weighted by Gasteiger charge is 2.34. The fourth-order valence-corrected chi connectivity index (χ4v) is 3.73. The molecule has 2 amide bonds. The fourth-order valence-electron chi connectivity index (χ4n) is 2.87. The van der Waals surface area contributed by atoms with E-state index in [2.05, 4.69) is 0 Å². The van der Waals surface area contributed by atoms with Gasteiger partial charge in [-0.3, -0.25) is 19.3 Å². The normalized spacial score (nSPS) is 16.1. The van der Waals surface area contributed by atoms with Gasteiger partial charge in [-0.15, -0.1) is 0 Å². The van der Waals surface area contributed by atoms with Gasteiger partial charge in [0.05, 0.1) is 12.0 Å². The molecule has 136 valence electrons. The van der Waals surface area contributed by atoms with E-state index in [1.165, 1.54) is 12.0 Å². The summed E-state index contributed by atoms with van der Waals surface area (Å²) < 4.78 is 6.53. The minimum Gasteiger partial charge on any atom is -0.468 e. The van der Waals surface area contributed by atoms with Crippen molar-refractivity contribution in [2.75, 3.05) is 13.7 Å². The largest absolute Gasteiger partial charge is 0.468 e. The number of ether oxygens (including phenoxy) is 1. The van der Waals surface area contributed by atoms with E-state index < -0.39 is 0 Å². The Balaban J connectivity index is 1.96. The first kappa shape index (κ1) is 18.3. The number of fused-ring (bicyclic) bond motifs is 1. The summed E-state index contributed by atoms with van der Waals surface area (Å²) in [7, 11) is 1.35. The smallest absolute Gasteiger partial charge is 0.325 e. The number of esters is 1. The lowest BCUT2D eigenvalue weighted by Gasteiger charge is -2.10. The van der Waals surface area contributed by atoms with Crippen LogP contribution < -0.4 is 0 Å². The van der Waals surface area contributed by atoms with Gasteiger partial charge in [0.1, 0.15) is 6.54 Å². The van der Waals surface area contributed by atoms with Gasteiger partial charge in [0.25, 0.3) is 11.1 Å². The Morgan fingerprint density at radius 2 is 2.04 bits per heavy atom. The number of rotatable bonds is 6. The highest BCUT2D eigenvalue weighted by Crippen LogP contribution is 2.34. The second-order valence-corrected chi connectivity index (χ2v) is 6.99. The summed E-state index contributed by atoms with van der Waals surface area (Å²) in [5.74, 6) is -0.601. The van der Waals surface area contributed by atoms with Gasteiger partial charge in [0, 0.05) is 29.2 Å². The second kappa shape index (κ2) is 7.78. The van der Waals surface area contributed by atoms with Crippen LogP contribution in [0.1, 0.15) is 25.3 Å². The van der Waals surface area contributed by atoms with Crippen molar-refractivity contribution in [1.82, 2.24) is 9.47 Å². The Morgan fingerprint density at radius 3 is 2.77 bits per heavy atom. The molecule has 0 spiro atoms. The van der Waals surface area contributed by atoms with E-state index >= 15 is 0 Å². The van der Waals surface area contributed by atoms with Gasteiger partial charge < -0.3 is 9.30 Å². The van der Waals surface area contributed by atoms with Gasteiger partial charge >= 0.3 is 5.97 Å². The van der Waals surface area contributed by atoms with E-state index in [9.17, 15) is 14.4 Å². The molecule has 0 unspecified atom stereocenters. The molecule has 1 aliphatic heterocycles. The zero-order chi connectivity index (χ0) is 18.7. The van der Waals surface area contributed by atoms with Crippen molar-refractivity contribution in [3.63, 3.8) is 0 Å². The molecule has 0 saturated carbocycles. The number of hydrogen-bond donors (Lipinski definition) is 0. The van der Waals surface area contributed by atoms with E-state index in [-0.39, 0.29) is 23.7 Å². The first-order valence-corrected chi connectivity index (χ1v) is 9.27. The Kier molecular flexibility index (Phi) is 5.46. The van der Waals surface area contributed by atoms with Gasteiger partial charge in [-0.2, -0.15) is 0 Å². The molecule has 1 aliphatic rings. The molecule has 0 aliphatic carbocycles. The summed E-state index contributed by atoms with van der Waals surface area (Å²) in [5.41, 5.74) is 1.67. The monoisotopic (exact) mass is 372 g/mol. The maximum Gasteiger partial charge on any atom is 0.325 e. The fraction of sp³-hybridized carbons (Fsp3) is 0.316. The molecule has 0 bridgehead atoms. The van der Waals surface area contributed by atoms with Crippen LogP contribution in [0.5, 0.6) is 0 Å². The van der Waals surface area contributed by atoms with E-state index in [0.717, 1.165) is 41.1 Å². The lowest BCUT2D eigenvalue weighted by Crippen LogP contribution is -2.29. The van der Waals surface area contributed by atoms with Gasteiger partial charge in [0.15, 0.2) is 0 Å². The molecule has 2 aromatic rings. The molecule has 6 nitrogen and oxygen atoms in total. The van der Waals surface area contributed by atoms with Crippen molar-refractivity contribution in [3.05, 3.63) is 40.9 Å². The van der Waals surface area contributed by atoms with Crippen molar-refractivity contribution in [3.8, 4) is 0 Å². The molecule has 26 heavy (non-hydrogen) atoms. The number of para-hydroxylation sites is 1. The van der Waals surface area contributed by atoms with Crippen LogP contribution in [-0.2, 0) is 20.9 Å². The third-order valence-electron chi connectivity index (χ3n) is 4.24. The first-order valence-electron chi connectivity index (χ1n) is 8.45. The van der Waals surface area contributed by atoms with Crippen LogP contribution in [-0.4, -0.2) is 40.2 Å². The van der Waals surface area contributed by atoms with Crippen LogP contribution in [0, 0.1) is 0 Å². The molecule has 1 fully saturated rings.